The lowest BCUT2D eigenvalue weighted by atomic mass is 10.0. The van der Waals surface area contributed by atoms with Crippen LogP contribution in [0.2, 0.25) is 10.0 Å². The number of hydrogen-bond donors (Lipinski definition) is 1. The van der Waals surface area contributed by atoms with E-state index < -0.39 is 36.3 Å². The Balaban J connectivity index is 1.48. The second-order valence-corrected chi connectivity index (χ2v) is 10.5. The lowest BCUT2D eigenvalue weighted by Gasteiger charge is -2.21. The minimum Gasteiger partial charge on any atom is -0.619 e. The molecule has 0 amide bonds. The summed E-state index contributed by atoms with van der Waals surface area (Å²) in [7, 11) is 0. The first kappa shape index (κ1) is 29.3. The van der Waals surface area contributed by atoms with Crippen molar-refractivity contribution in [3.63, 3.8) is 0 Å². The highest BCUT2D eigenvalue weighted by atomic mass is 35.5. The molecule has 220 valence electrons. The molecule has 1 N–H and O–H groups in total. The first-order valence-corrected chi connectivity index (χ1v) is 13.5. The van der Waals surface area contributed by atoms with Gasteiger partial charge in [0.15, 0.2) is 23.9 Å². The predicted octanol–water partition coefficient (Wildman–Crippen LogP) is 4.55. The Morgan fingerprint density at radius 3 is 2.43 bits per heavy atom. The Bertz CT molecular complexity index is 1740. The predicted molar refractivity (Wildman–Crippen MR) is 148 cm³/mol. The highest BCUT2D eigenvalue weighted by Crippen LogP contribution is 2.37. The molecule has 0 spiro atoms. The number of halogens is 4. The van der Waals surface area contributed by atoms with Gasteiger partial charge >= 0.3 is 12.6 Å². The molecule has 2 aromatic carbocycles. The van der Waals surface area contributed by atoms with Gasteiger partial charge in [0.25, 0.3) is 11.1 Å². The number of fused-ring (bicyclic) bond motifs is 1. The number of alkyl halides is 2. The molecule has 2 heterocycles. The van der Waals surface area contributed by atoms with Gasteiger partial charge in [-0.2, -0.15) is 13.5 Å². The van der Waals surface area contributed by atoms with Crippen molar-refractivity contribution in [1.29, 1.82) is 0 Å². The number of benzene rings is 2. The highest BCUT2D eigenvalue weighted by Gasteiger charge is 2.27. The van der Waals surface area contributed by atoms with Crippen molar-refractivity contribution in [2.24, 2.45) is 5.92 Å². The Labute approximate surface area is 246 Å². The maximum Gasteiger partial charge on any atom is 0.387 e. The van der Waals surface area contributed by atoms with Crippen molar-refractivity contribution in [3.8, 4) is 11.5 Å². The number of carbonyl (C=O) groups is 1. The number of nitrogens with zero attached hydrogens (tertiary/aromatic N) is 2. The van der Waals surface area contributed by atoms with Crippen LogP contribution in [-0.2, 0) is 22.5 Å². The van der Waals surface area contributed by atoms with Crippen molar-refractivity contribution < 1.29 is 32.5 Å². The molecule has 14 heteroatoms. The largest absolute Gasteiger partial charge is 0.619 e. The number of H-pyrrole nitrogens is 1. The third-order valence-electron chi connectivity index (χ3n) is 6.62. The van der Waals surface area contributed by atoms with E-state index in [4.69, 9.17) is 32.7 Å². The molecule has 0 unspecified atom stereocenters. The van der Waals surface area contributed by atoms with Crippen molar-refractivity contribution in [1.82, 2.24) is 9.78 Å². The fraction of sp³-hybridized carbons (Fsp3) is 0.286. The number of nitrogens with one attached hydrogen (secondary N) is 1. The van der Waals surface area contributed by atoms with E-state index in [0.29, 0.717) is 16.2 Å². The van der Waals surface area contributed by atoms with Crippen LogP contribution in [-0.4, -0.2) is 29.0 Å². The third kappa shape index (κ3) is 6.82. The van der Waals surface area contributed by atoms with E-state index >= 15 is 0 Å². The molecule has 0 bridgehead atoms. The molecule has 5 rings (SSSR count). The molecule has 4 aromatic rings. The van der Waals surface area contributed by atoms with Crippen LogP contribution in [0, 0.1) is 11.1 Å². The van der Waals surface area contributed by atoms with Crippen molar-refractivity contribution in [2.45, 2.75) is 38.5 Å². The normalized spacial score (nSPS) is 13.7. The van der Waals surface area contributed by atoms with Crippen LogP contribution < -0.4 is 25.3 Å². The Morgan fingerprint density at radius 2 is 1.76 bits per heavy atom. The molecule has 0 aliphatic heterocycles. The van der Waals surface area contributed by atoms with Crippen molar-refractivity contribution >= 4 is 39.9 Å². The van der Waals surface area contributed by atoms with Crippen LogP contribution in [0.25, 0.3) is 10.8 Å². The molecule has 1 aliphatic carbocycles. The number of esters is 1. The summed E-state index contributed by atoms with van der Waals surface area (Å²) < 4.78 is 43.5. The topological polar surface area (TPSA) is 127 Å². The van der Waals surface area contributed by atoms with Gasteiger partial charge in [0.2, 0.25) is 0 Å². The van der Waals surface area contributed by atoms with Gasteiger partial charge in [-0.3, -0.25) is 19.5 Å². The van der Waals surface area contributed by atoms with Gasteiger partial charge in [0, 0.05) is 12.0 Å². The molecular weight excluding hydrogens is 599 g/mol. The number of pyridine rings is 1. The molecular formula is C28H23Cl2F2N3O7. The minimum absolute atomic E-state index is 0.00325. The van der Waals surface area contributed by atoms with Gasteiger partial charge in [-0.25, -0.2) is 4.68 Å². The second kappa shape index (κ2) is 12.4. The van der Waals surface area contributed by atoms with Crippen LogP contribution in [0.4, 0.5) is 8.78 Å². The third-order valence-corrected chi connectivity index (χ3v) is 7.27. The highest BCUT2D eigenvalue weighted by molar-refractivity contribution is 6.35. The smallest absolute Gasteiger partial charge is 0.387 e. The Hall–Kier alpha value is -4.16. The maximum absolute atomic E-state index is 13.2. The van der Waals surface area contributed by atoms with Gasteiger partial charge in [0.1, 0.15) is 22.7 Å². The lowest BCUT2D eigenvalue weighted by Crippen LogP contribution is -2.33. The van der Waals surface area contributed by atoms with E-state index in [1.807, 2.05) is 0 Å². The molecule has 2 aromatic heterocycles. The Morgan fingerprint density at radius 1 is 1.07 bits per heavy atom. The number of aromatic amines is 1. The zero-order valence-electron chi connectivity index (χ0n) is 21.7. The molecule has 1 aliphatic rings. The number of rotatable bonds is 11. The fourth-order valence-electron chi connectivity index (χ4n) is 4.34. The molecule has 1 atom stereocenters. The summed E-state index contributed by atoms with van der Waals surface area (Å²) in [5.74, 6) is -0.810. The summed E-state index contributed by atoms with van der Waals surface area (Å²) in [6, 6.07) is 10.2. The van der Waals surface area contributed by atoms with E-state index in [2.05, 4.69) is 9.84 Å². The average Bonchev–Trinajstić information content (AvgIpc) is 3.77. The van der Waals surface area contributed by atoms with E-state index in [-0.39, 0.29) is 50.9 Å². The van der Waals surface area contributed by atoms with Crippen molar-refractivity contribution in [3.05, 3.63) is 102 Å². The molecule has 42 heavy (non-hydrogen) atoms. The monoisotopic (exact) mass is 621 g/mol. The quantitative estimate of drug-likeness (QED) is 0.148. The summed E-state index contributed by atoms with van der Waals surface area (Å²) in [5, 5.41) is 14.4. The number of ether oxygens (including phenoxy) is 3. The van der Waals surface area contributed by atoms with Gasteiger partial charge in [0.05, 0.1) is 17.4 Å². The Kier molecular flexibility index (Phi) is 8.64. The fourth-order valence-corrected chi connectivity index (χ4v) is 4.94. The lowest BCUT2D eigenvalue weighted by molar-refractivity contribution is -0.605. The van der Waals surface area contributed by atoms with Crippen LogP contribution in [0.3, 0.4) is 0 Å². The maximum atomic E-state index is 13.2. The minimum atomic E-state index is -3.10. The SMILES string of the molecule is O=C(Cn1[nH]c(=O)c2ccccc2c1=O)O[C@@H](Cc1c(Cl)c[n+]([O-])cc1Cl)c1ccc(OC(F)F)c(OCC2CC2)c1. The van der Waals surface area contributed by atoms with Gasteiger partial charge in [-0.15, -0.1) is 0 Å². The van der Waals surface area contributed by atoms with Crippen LogP contribution in [0.1, 0.15) is 30.1 Å². The zero-order valence-corrected chi connectivity index (χ0v) is 23.2. The van der Waals surface area contributed by atoms with Gasteiger partial charge in [-0.1, -0.05) is 41.4 Å². The van der Waals surface area contributed by atoms with E-state index in [9.17, 15) is 28.4 Å². The summed E-state index contributed by atoms with van der Waals surface area (Å²) in [5.41, 5.74) is -0.610. The molecule has 0 saturated heterocycles. The summed E-state index contributed by atoms with van der Waals surface area (Å²) >= 11 is 12.5. The van der Waals surface area contributed by atoms with E-state index in [1.54, 1.807) is 12.1 Å². The molecule has 0 radical (unpaired) electrons. The molecule has 1 fully saturated rings. The second-order valence-electron chi connectivity index (χ2n) is 9.69. The van der Waals surface area contributed by atoms with E-state index in [1.165, 1.54) is 30.3 Å². The molecule has 1 saturated carbocycles. The first-order chi connectivity index (χ1) is 20.1. The van der Waals surface area contributed by atoms with Crippen LogP contribution in [0.5, 0.6) is 11.5 Å². The van der Waals surface area contributed by atoms with Crippen LogP contribution in [0.15, 0.2) is 64.4 Å². The first-order valence-electron chi connectivity index (χ1n) is 12.8. The zero-order chi connectivity index (χ0) is 30.0. The van der Waals surface area contributed by atoms with E-state index in [0.717, 1.165) is 29.9 Å². The number of carbonyl (C=O) groups excluding carboxylic acids is 1. The van der Waals surface area contributed by atoms with Crippen LogP contribution >= 0.6 is 23.2 Å². The summed E-state index contributed by atoms with van der Waals surface area (Å²) in [4.78, 5) is 38.5. The van der Waals surface area contributed by atoms with Gasteiger partial charge in [-0.05, 0) is 48.6 Å². The summed E-state index contributed by atoms with van der Waals surface area (Å²) in [6.45, 7) is -3.47. The average molecular weight is 622 g/mol. The number of hydrogen-bond acceptors (Lipinski definition) is 7. The van der Waals surface area contributed by atoms with Crippen molar-refractivity contribution in [2.75, 3.05) is 6.61 Å². The number of aromatic nitrogens is 3. The molecule has 10 nitrogen and oxygen atoms in total. The van der Waals surface area contributed by atoms with Gasteiger partial charge < -0.3 is 19.4 Å². The standard InChI is InChI=1S/C28H23Cl2F2N3O7/c29-20-11-34(39)12-21(30)19(20)10-23(16-7-8-22(42-28(31)32)24(9-16)40-14-15-5-6-15)41-25(36)13-35-27(38)18-4-2-1-3-17(18)26(37)33-35/h1-4,7-9,11-12,15,23,28H,5-6,10,13-14H2,(H,33,37)/t23-/m0/s1. The summed E-state index contributed by atoms with van der Waals surface area (Å²) in [6.07, 6.45) is 2.78.